The fourth-order valence-electron chi connectivity index (χ4n) is 2.10. The second kappa shape index (κ2) is 5.48. The van der Waals surface area contributed by atoms with Crippen LogP contribution in [0.3, 0.4) is 0 Å². The molecule has 5 nitrogen and oxygen atoms in total. The molecule has 18 heavy (non-hydrogen) atoms. The first kappa shape index (κ1) is 13.0. The zero-order valence-electron chi connectivity index (χ0n) is 10.0. The molecule has 1 N–H and O–H groups in total. The average Bonchev–Trinajstić information content (AvgIpc) is 2.87. The van der Waals surface area contributed by atoms with E-state index in [1.54, 1.807) is 30.3 Å². The molecule has 1 aromatic heterocycles. The molecular formula is C12H14BrN3O2. The van der Waals surface area contributed by atoms with Gasteiger partial charge in [-0.05, 0) is 40.9 Å². The summed E-state index contributed by atoms with van der Waals surface area (Å²) in [5.74, 6) is -0.299. The smallest absolute Gasteiger partial charge is 0.273 e. The number of likely N-dealkylation sites (tertiary alicyclic amines) is 1. The lowest BCUT2D eigenvalue weighted by Gasteiger charge is -2.22. The monoisotopic (exact) mass is 311 g/mol. The van der Waals surface area contributed by atoms with Gasteiger partial charge in [-0.1, -0.05) is 0 Å². The van der Waals surface area contributed by atoms with Crippen molar-refractivity contribution in [1.29, 1.82) is 0 Å². The highest BCUT2D eigenvalue weighted by Gasteiger charge is 2.34. The van der Waals surface area contributed by atoms with Crippen molar-refractivity contribution in [1.82, 2.24) is 15.2 Å². The second-order valence-corrected chi connectivity index (χ2v) is 5.05. The van der Waals surface area contributed by atoms with Crippen molar-refractivity contribution in [3.63, 3.8) is 0 Å². The first-order valence-corrected chi connectivity index (χ1v) is 6.57. The second-order valence-electron chi connectivity index (χ2n) is 4.13. The first-order chi connectivity index (χ1) is 8.63. The van der Waals surface area contributed by atoms with Crippen LogP contribution in [0.2, 0.25) is 0 Å². The standard InChI is InChI=1S/C12H14BrN3O2/c1-14-11(17)10-3-2-6-16(10)12(18)9-5-4-8(13)7-15-9/h4-5,7,10H,2-3,6H2,1H3,(H,14,17). The predicted molar refractivity (Wildman–Crippen MR) is 70.1 cm³/mol. The molecule has 0 saturated carbocycles. The Bertz CT molecular complexity index is 461. The highest BCUT2D eigenvalue weighted by atomic mass is 79.9. The number of hydrogen-bond donors (Lipinski definition) is 1. The largest absolute Gasteiger partial charge is 0.357 e. The van der Waals surface area contributed by atoms with Gasteiger partial charge in [0.25, 0.3) is 5.91 Å². The van der Waals surface area contributed by atoms with Gasteiger partial charge in [-0.25, -0.2) is 4.98 Å². The van der Waals surface area contributed by atoms with Gasteiger partial charge in [0.1, 0.15) is 11.7 Å². The number of amides is 2. The molecule has 0 aliphatic carbocycles. The average molecular weight is 312 g/mol. The van der Waals surface area contributed by atoms with Crippen molar-refractivity contribution in [2.45, 2.75) is 18.9 Å². The van der Waals surface area contributed by atoms with E-state index in [0.29, 0.717) is 18.7 Å². The summed E-state index contributed by atoms with van der Waals surface area (Å²) in [5, 5.41) is 2.59. The molecular weight excluding hydrogens is 298 g/mol. The summed E-state index contributed by atoms with van der Waals surface area (Å²) >= 11 is 3.27. The molecule has 96 valence electrons. The summed E-state index contributed by atoms with van der Waals surface area (Å²) in [5.41, 5.74) is 0.369. The molecule has 0 radical (unpaired) electrons. The Balaban J connectivity index is 2.17. The lowest BCUT2D eigenvalue weighted by molar-refractivity contribution is -0.124. The Kier molecular flexibility index (Phi) is 3.96. The topological polar surface area (TPSA) is 62.3 Å². The summed E-state index contributed by atoms with van der Waals surface area (Å²) in [6, 6.07) is 3.06. The minimum Gasteiger partial charge on any atom is -0.357 e. The van der Waals surface area contributed by atoms with Crippen molar-refractivity contribution in [3.05, 3.63) is 28.5 Å². The van der Waals surface area contributed by atoms with E-state index < -0.39 is 0 Å². The number of aromatic nitrogens is 1. The molecule has 0 spiro atoms. The van der Waals surface area contributed by atoms with Crippen LogP contribution in [-0.2, 0) is 4.79 Å². The van der Waals surface area contributed by atoms with Gasteiger partial charge in [0, 0.05) is 24.3 Å². The van der Waals surface area contributed by atoms with Gasteiger partial charge in [-0.3, -0.25) is 9.59 Å². The first-order valence-electron chi connectivity index (χ1n) is 5.77. The minimum atomic E-state index is -0.368. The molecule has 1 unspecified atom stereocenters. The number of halogens is 1. The van der Waals surface area contributed by atoms with Gasteiger partial charge in [0.05, 0.1) is 0 Å². The Hall–Kier alpha value is -1.43. The maximum Gasteiger partial charge on any atom is 0.273 e. The van der Waals surface area contributed by atoms with E-state index in [4.69, 9.17) is 0 Å². The number of nitrogens with zero attached hydrogens (tertiary/aromatic N) is 2. The lowest BCUT2D eigenvalue weighted by atomic mass is 10.2. The van der Waals surface area contributed by atoms with E-state index in [2.05, 4.69) is 26.2 Å². The van der Waals surface area contributed by atoms with Crippen LogP contribution in [0.15, 0.2) is 22.8 Å². The van der Waals surface area contributed by atoms with E-state index in [-0.39, 0.29) is 17.9 Å². The number of nitrogens with one attached hydrogen (secondary N) is 1. The van der Waals surface area contributed by atoms with Crippen molar-refractivity contribution in [2.75, 3.05) is 13.6 Å². The van der Waals surface area contributed by atoms with Gasteiger partial charge >= 0.3 is 0 Å². The van der Waals surface area contributed by atoms with E-state index in [1.165, 1.54) is 0 Å². The van der Waals surface area contributed by atoms with Crippen LogP contribution in [0, 0.1) is 0 Å². The molecule has 1 saturated heterocycles. The van der Waals surface area contributed by atoms with Gasteiger partial charge < -0.3 is 10.2 Å². The van der Waals surface area contributed by atoms with E-state index in [1.807, 2.05) is 0 Å². The third-order valence-corrected chi connectivity index (χ3v) is 3.48. The number of rotatable bonds is 2. The minimum absolute atomic E-state index is 0.113. The van der Waals surface area contributed by atoms with Crippen molar-refractivity contribution < 1.29 is 9.59 Å². The zero-order valence-corrected chi connectivity index (χ0v) is 11.6. The van der Waals surface area contributed by atoms with Crippen LogP contribution in [0.5, 0.6) is 0 Å². The number of pyridine rings is 1. The summed E-state index contributed by atoms with van der Waals surface area (Å²) in [6.07, 6.45) is 3.14. The summed E-state index contributed by atoms with van der Waals surface area (Å²) in [7, 11) is 1.58. The molecule has 2 rings (SSSR count). The number of hydrogen-bond acceptors (Lipinski definition) is 3. The molecule has 1 aliphatic rings. The summed E-state index contributed by atoms with van der Waals surface area (Å²) < 4.78 is 0.823. The van der Waals surface area contributed by atoms with Crippen LogP contribution in [0.25, 0.3) is 0 Å². The molecule has 2 heterocycles. The maximum atomic E-state index is 12.3. The molecule has 1 aromatic rings. The number of carbonyl (C=O) groups excluding carboxylic acids is 2. The molecule has 0 aromatic carbocycles. The van der Waals surface area contributed by atoms with Gasteiger partial charge in [-0.2, -0.15) is 0 Å². The highest BCUT2D eigenvalue weighted by Crippen LogP contribution is 2.20. The van der Waals surface area contributed by atoms with E-state index in [9.17, 15) is 9.59 Å². The SMILES string of the molecule is CNC(=O)C1CCCN1C(=O)c1ccc(Br)cn1. The molecule has 1 fully saturated rings. The van der Waals surface area contributed by atoms with Crippen LogP contribution in [0.1, 0.15) is 23.3 Å². The molecule has 1 atom stereocenters. The molecule has 1 aliphatic heterocycles. The third kappa shape index (κ3) is 2.53. The Morgan fingerprint density at radius 1 is 1.50 bits per heavy atom. The van der Waals surface area contributed by atoms with Crippen molar-refractivity contribution in [3.8, 4) is 0 Å². The van der Waals surface area contributed by atoms with Crippen LogP contribution < -0.4 is 5.32 Å². The van der Waals surface area contributed by atoms with Crippen molar-refractivity contribution in [2.24, 2.45) is 0 Å². The molecule has 6 heteroatoms. The quantitative estimate of drug-likeness (QED) is 0.892. The molecule has 0 bridgehead atoms. The van der Waals surface area contributed by atoms with Gasteiger partial charge in [0.15, 0.2) is 0 Å². The highest BCUT2D eigenvalue weighted by molar-refractivity contribution is 9.10. The van der Waals surface area contributed by atoms with E-state index >= 15 is 0 Å². The van der Waals surface area contributed by atoms with E-state index in [0.717, 1.165) is 10.9 Å². The molecule has 2 amide bonds. The number of carbonyl (C=O) groups is 2. The van der Waals surface area contributed by atoms with Gasteiger partial charge in [-0.15, -0.1) is 0 Å². The predicted octanol–water partition coefficient (Wildman–Crippen LogP) is 1.19. The maximum absolute atomic E-state index is 12.3. The van der Waals surface area contributed by atoms with Crippen LogP contribution >= 0.6 is 15.9 Å². The van der Waals surface area contributed by atoms with Crippen LogP contribution in [-0.4, -0.2) is 41.3 Å². The summed E-state index contributed by atoms with van der Waals surface area (Å²) in [6.45, 7) is 0.606. The van der Waals surface area contributed by atoms with Crippen LogP contribution in [0.4, 0.5) is 0 Å². The zero-order chi connectivity index (χ0) is 13.1. The summed E-state index contributed by atoms with van der Waals surface area (Å²) in [4.78, 5) is 29.6. The fraction of sp³-hybridized carbons (Fsp3) is 0.417. The fourth-order valence-corrected chi connectivity index (χ4v) is 2.33. The number of likely N-dealkylation sites (N-methyl/N-ethyl adjacent to an activating group) is 1. The Labute approximate surface area is 114 Å². The van der Waals surface area contributed by atoms with Gasteiger partial charge in [0.2, 0.25) is 5.91 Å². The lowest BCUT2D eigenvalue weighted by Crippen LogP contribution is -2.45. The van der Waals surface area contributed by atoms with Crippen molar-refractivity contribution >= 4 is 27.7 Å². The Morgan fingerprint density at radius 3 is 2.89 bits per heavy atom. The normalized spacial score (nSPS) is 18.8. The Morgan fingerprint density at radius 2 is 2.28 bits per heavy atom. The third-order valence-electron chi connectivity index (χ3n) is 3.01.